The predicted octanol–water partition coefficient (Wildman–Crippen LogP) is 0.654. The molecule has 0 unspecified atom stereocenters. The van der Waals surface area contributed by atoms with Crippen LogP contribution in [0.1, 0.15) is 19.2 Å². The second kappa shape index (κ2) is 6.66. The van der Waals surface area contributed by atoms with Gasteiger partial charge in [-0.2, -0.15) is 0 Å². The van der Waals surface area contributed by atoms with Crippen LogP contribution in [0.15, 0.2) is 6.20 Å². The molecule has 0 aromatic carbocycles. The Hall–Kier alpha value is -1.96. The van der Waals surface area contributed by atoms with Gasteiger partial charge in [0, 0.05) is 33.1 Å². The maximum atomic E-state index is 12.3. The van der Waals surface area contributed by atoms with Gasteiger partial charge in [0.25, 0.3) is 5.91 Å². The van der Waals surface area contributed by atoms with E-state index in [4.69, 9.17) is 0 Å². The molecule has 8 heteroatoms. The molecule has 1 saturated heterocycles. The van der Waals surface area contributed by atoms with Gasteiger partial charge < -0.3 is 15.0 Å². The van der Waals surface area contributed by atoms with Gasteiger partial charge in [0.1, 0.15) is 6.20 Å². The number of aromatic nitrogens is 2. The SMILES string of the molecule is CCCN1CCN(C(=O)Cn2c([N+](=O)[O-])cnc2C)CC1. The number of hydrogen-bond donors (Lipinski definition) is 0. The molecule has 0 atom stereocenters. The molecule has 2 rings (SSSR count). The third kappa shape index (κ3) is 3.57. The van der Waals surface area contributed by atoms with Gasteiger partial charge in [0.05, 0.1) is 0 Å². The first-order chi connectivity index (χ1) is 10.0. The number of amides is 1. The summed E-state index contributed by atoms with van der Waals surface area (Å²) in [7, 11) is 0. The normalized spacial score (nSPS) is 16.2. The molecule has 1 aromatic heterocycles. The number of carbonyl (C=O) groups is 1. The average Bonchev–Trinajstić information content (AvgIpc) is 2.81. The quantitative estimate of drug-likeness (QED) is 0.588. The highest BCUT2D eigenvalue weighted by Gasteiger charge is 2.25. The average molecular weight is 295 g/mol. The van der Waals surface area contributed by atoms with Crippen LogP contribution in [0.25, 0.3) is 0 Å². The van der Waals surface area contributed by atoms with Crippen LogP contribution in [0.4, 0.5) is 5.82 Å². The van der Waals surface area contributed by atoms with Crippen LogP contribution in [-0.2, 0) is 11.3 Å². The monoisotopic (exact) mass is 295 g/mol. The zero-order valence-electron chi connectivity index (χ0n) is 12.5. The molecule has 0 radical (unpaired) electrons. The van der Waals surface area contributed by atoms with Crippen LogP contribution < -0.4 is 0 Å². The maximum absolute atomic E-state index is 12.3. The molecule has 0 aliphatic carbocycles. The highest BCUT2D eigenvalue weighted by molar-refractivity contribution is 5.76. The number of piperazine rings is 1. The highest BCUT2D eigenvalue weighted by Crippen LogP contribution is 2.14. The van der Waals surface area contributed by atoms with Gasteiger partial charge in [0.15, 0.2) is 12.4 Å². The molecular weight excluding hydrogens is 274 g/mol. The van der Waals surface area contributed by atoms with E-state index in [0.717, 1.165) is 26.1 Å². The van der Waals surface area contributed by atoms with Gasteiger partial charge in [-0.3, -0.25) is 9.69 Å². The second-order valence-electron chi connectivity index (χ2n) is 5.23. The van der Waals surface area contributed by atoms with Gasteiger partial charge in [-0.25, -0.2) is 9.55 Å². The summed E-state index contributed by atoms with van der Waals surface area (Å²) in [6.45, 7) is 7.93. The number of nitro groups is 1. The Bertz CT molecular complexity index is 520. The van der Waals surface area contributed by atoms with E-state index in [2.05, 4.69) is 16.8 Å². The number of nitrogens with zero attached hydrogens (tertiary/aromatic N) is 5. The Labute approximate surface area is 123 Å². The summed E-state index contributed by atoms with van der Waals surface area (Å²) in [6, 6.07) is 0. The van der Waals surface area contributed by atoms with Crippen molar-refractivity contribution in [1.29, 1.82) is 0 Å². The number of imidazole rings is 1. The van der Waals surface area contributed by atoms with E-state index in [0.29, 0.717) is 18.9 Å². The third-order valence-corrected chi connectivity index (χ3v) is 3.78. The van der Waals surface area contributed by atoms with Gasteiger partial charge >= 0.3 is 5.82 Å². The fourth-order valence-electron chi connectivity index (χ4n) is 2.57. The summed E-state index contributed by atoms with van der Waals surface area (Å²) in [5.41, 5.74) is 0. The first-order valence-electron chi connectivity index (χ1n) is 7.19. The van der Waals surface area contributed by atoms with E-state index in [1.807, 2.05) is 0 Å². The lowest BCUT2D eigenvalue weighted by Gasteiger charge is -2.34. The maximum Gasteiger partial charge on any atom is 0.343 e. The van der Waals surface area contributed by atoms with Crippen molar-refractivity contribution in [3.8, 4) is 0 Å². The molecule has 0 bridgehead atoms. The molecule has 21 heavy (non-hydrogen) atoms. The predicted molar refractivity (Wildman–Crippen MR) is 76.9 cm³/mol. The molecule has 1 aliphatic heterocycles. The smallest absolute Gasteiger partial charge is 0.343 e. The lowest BCUT2D eigenvalue weighted by Crippen LogP contribution is -2.49. The Balaban J connectivity index is 1.97. The zero-order valence-corrected chi connectivity index (χ0v) is 12.5. The van der Waals surface area contributed by atoms with Crippen molar-refractivity contribution in [2.24, 2.45) is 0 Å². The first kappa shape index (κ1) is 15.4. The minimum atomic E-state index is -0.507. The fourth-order valence-corrected chi connectivity index (χ4v) is 2.57. The number of rotatable bonds is 5. The number of carbonyl (C=O) groups excluding carboxylic acids is 1. The largest absolute Gasteiger partial charge is 0.358 e. The summed E-state index contributed by atoms with van der Waals surface area (Å²) in [5.74, 6) is 0.264. The van der Waals surface area contributed by atoms with E-state index in [1.165, 1.54) is 10.8 Å². The molecule has 2 heterocycles. The number of aryl methyl sites for hydroxylation is 1. The first-order valence-corrected chi connectivity index (χ1v) is 7.19. The lowest BCUT2D eigenvalue weighted by atomic mass is 10.3. The minimum Gasteiger partial charge on any atom is -0.358 e. The molecule has 0 N–H and O–H groups in total. The van der Waals surface area contributed by atoms with Gasteiger partial charge in [-0.05, 0) is 17.9 Å². The van der Waals surface area contributed by atoms with Crippen LogP contribution in [0.2, 0.25) is 0 Å². The van der Waals surface area contributed by atoms with Crippen molar-refractivity contribution in [3.05, 3.63) is 22.1 Å². The summed E-state index contributed by atoms with van der Waals surface area (Å²) < 4.78 is 1.36. The molecule has 1 amide bonds. The minimum absolute atomic E-state index is 0.0179. The highest BCUT2D eigenvalue weighted by atomic mass is 16.6. The molecule has 1 aliphatic rings. The summed E-state index contributed by atoms with van der Waals surface area (Å²) in [4.78, 5) is 30.7. The van der Waals surface area contributed by atoms with Gasteiger partial charge in [-0.15, -0.1) is 0 Å². The van der Waals surface area contributed by atoms with E-state index in [9.17, 15) is 14.9 Å². The third-order valence-electron chi connectivity index (χ3n) is 3.78. The second-order valence-corrected chi connectivity index (χ2v) is 5.23. The van der Waals surface area contributed by atoms with Crippen molar-refractivity contribution < 1.29 is 9.72 Å². The topological polar surface area (TPSA) is 84.5 Å². The molecule has 1 fully saturated rings. The van der Waals surface area contributed by atoms with Crippen LogP contribution in [-0.4, -0.2) is 62.9 Å². The van der Waals surface area contributed by atoms with Crippen molar-refractivity contribution >= 4 is 11.7 Å². The van der Waals surface area contributed by atoms with E-state index in [1.54, 1.807) is 11.8 Å². The van der Waals surface area contributed by atoms with Crippen molar-refractivity contribution in [1.82, 2.24) is 19.4 Å². The van der Waals surface area contributed by atoms with Crippen molar-refractivity contribution in [2.75, 3.05) is 32.7 Å². The number of hydrogen-bond acceptors (Lipinski definition) is 5. The molecule has 116 valence electrons. The molecule has 0 spiro atoms. The Morgan fingerprint density at radius 3 is 2.62 bits per heavy atom. The van der Waals surface area contributed by atoms with Crippen LogP contribution >= 0.6 is 0 Å². The Morgan fingerprint density at radius 2 is 2.05 bits per heavy atom. The van der Waals surface area contributed by atoms with Crippen LogP contribution in [0, 0.1) is 17.0 Å². The van der Waals surface area contributed by atoms with Crippen molar-refractivity contribution in [2.45, 2.75) is 26.8 Å². The van der Waals surface area contributed by atoms with E-state index >= 15 is 0 Å². The molecular formula is C13H21N5O3. The summed E-state index contributed by atoms with van der Waals surface area (Å²) in [6.07, 6.45) is 2.30. The lowest BCUT2D eigenvalue weighted by molar-refractivity contribution is -0.392. The Kier molecular flexibility index (Phi) is 4.89. The van der Waals surface area contributed by atoms with E-state index in [-0.39, 0.29) is 18.3 Å². The summed E-state index contributed by atoms with van der Waals surface area (Å²) >= 11 is 0. The van der Waals surface area contributed by atoms with Crippen molar-refractivity contribution in [3.63, 3.8) is 0 Å². The van der Waals surface area contributed by atoms with Crippen LogP contribution in [0.3, 0.4) is 0 Å². The Morgan fingerprint density at radius 1 is 1.38 bits per heavy atom. The van der Waals surface area contributed by atoms with Gasteiger partial charge in [0.2, 0.25) is 0 Å². The molecule has 0 saturated carbocycles. The zero-order chi connectivity index (χ0) is 15.4. The van der Waals surface area contributed by atoms with E-state index < -0.39 is 4.92 Å². The molecule has 8 nitrogen and oxygen atoms in total. The van der Waals surface area contributed by atoms with Gasteiger partial charge in [-0.1, -0.05) is 6.92 Å². The summed E-state index contributed by atoms with van der Waals surface area (Å²) in [5, 5.41) is 10.9. The standard InChI is InChI=1S/C13H21N5O3/c1-3-4-15-5-7-16(8-6-15)13(19)10-17-11(2)14-9-12(17)18(20)21/h9H,3-8,10H2,1-2H3. The van der Waals surface area contributed by atoms with Crippen LogP contribution in [0.5, 0.6) is 0 Å². The molecule has 1 aromatic rings. The fraction of sp³-hybridized carbons (Fsp3) is 0.692.